The van der Waals surface area contributed by atoms with E-state index in [1.807, 2.05) is 31.2 Å². The summed E-state index contributed by atoms with van der Waals surface area (Å²) in [7, 11) is 0. The second-order valence-corrected chi connectivity index (χ2v) is 5.96. The zero-order valence-electron chi connectivity index (χ0n) is 15.7. The van der Waals surface area contributed by atoms with E-state index in [9.17, 15) is 14.4 Å². The van der Waals surface area contributed by atoms with Gasteiger partial charge in [0.05, 0.1) is 36.9 Å². The molecule has 2 N–H and O–H groups in total. The summed E-state index contributed by atoms with van der Waals surface area (Å²) >= 11 is 0. The highest BCUT2D eigenvalue weighted by Crippen LogP contribution is 2.17. The van der Waals surface area contributed by atoms with Crippen LogP contribution in [0.15, 0.2) is 35.5 Å². The molecule has 8 nitrogen and oxygen atoms in total. The number of rotatable bonds is 8. The van der Waals surface area contributed by atoms with Gasteiger partial charge in [-0.2, -0.15) is 0 Å². The molecule has 146 valence electrons. The molecule has 8 heteroatoms. The number of hydrogen-bond acceptors (Lipinski definition) is 6. The predicted molar refractivity (Wildman–Crippen MR) is 97.0 cm³/mol. The molecule has 0 aromatic heterocycles. The molecule has 0 spiro atoms. The SMILES string of the molecule is CCOC(=O)C1=C(COC(=O)CCOc2ccccc2C)NC(=O)N[C@H]1C. The van der Waals surface area contributed by atoms with E-state index >= 15 is 0 Å². The molecule has 1 aliphatic heterocycles. The largest absolute Gasteiger partial charge is 0.493 e. The average Bonchev–Trinajstić information content (AvgIpc) is 2.61. The molecule has 1 aliphatic rings. The van der Waals surface area contributed by atoms with Gasteiger partial charge in [0.15, 0.2) is 0 Å². The van der Waals surface area contributed by atoms with Crippen molar-refractivity contribution in [2.75, 3.05) is 19.8 Å². The summed E-state index contributed by atoms with van der Waals surface area (Å²) in [6.07, 6.45) is 0.0398. The Morgan fingerprint density at radius 3 is 2.63 bits per heavy atom. The van der Waals surface area contributed by atoms with Gasteiger partial charge < -0.3 is 24.8 Å². The van der Waals surface area contributed by atoms with Crippen molar-refractivity contribution in [1.29, 1.82) is 0 Å². The number of carbonyl (C=O) groups excluding carboxylic acids is 3. The minimum Gasteiger partial charge on any atom is -0.493 e. The van der Waals surface area contributed by atoms with Crippen LogP contribution in [0.5, 0.6) is 5.75 Å². The quantitative estimate of drug-likeness (QED) is 0.671. The summed E-state index contributed by atoms with van der Waals surface area (Å²) in [5, 5.41) is 5.08. The molecule has 2 rings (SSSR count). The third-order valence-corrected chi connectivity index (χ3v) is 3.90. The molecule has 2 amide bonds. The fourth-order valence-corrected chi connectivity index (χ4v) is 2.58. The van der Waals surface area contributed by atoms with Crippen molar-refractivity contribution >= 4 is 18.0 Å². The van der Waals surface area contributed by atoms with Gasteiger partial charge in [0.25, 0.3) is 0 Å². The van der Waals surface area contributed by atoms with Gasteiger partial charge in [0.2, 0.25) is 0 Å². The smallest absolute Gasteiger partial charge is 0.338 e. The van der Waals surface area contributed by atoms with Gasteiger partial charge in [-0.25, -0.2) is 9.59 Å². The zero-order chi connectivity index (χ0) is 19.8. The molecular formula is C19H24N2O6. The van der Waals surface area contributed by atoms with Crippen LogP contribution in [-0.2, 0) is 19.1 Å². The Bertz CT molecular complexity index is 743. The first-order valence-electron chi connectivity index (χ1n) is 8.74. The average molecular weight is 376 g/mol. The number of benzene rings is 1. The van der Waals surface area contributed by atoms with Gasteiger partial charge in [-0.05, 0) is 32.4 Å². The van der Waals surface area contributed by atoms with Crippen LogP contribution in [0.25, 0.3) is 0 Å². The Hall–Kier alpha value is -3.03. The lowest BCUT2D eigenvalue weighted by atomic mass is 10.0. The van der Waals surface area contributed by atoms with Crippen LogP contribution in [0, 0.1) is 6.92 Å². The number of ether oxygens (including phenoxy) is 3. The first kappa shape index (κ1) is 20.3. The number of hydrogen-bond donors (Lipinski definition) is 2. The summed E-state index contributed by atoms with van der Waals surface area (Å²) < 4.78 is 15.7. The molecular weight excluding hydrogens is 352 g/mol. The highest BCUT2D eigenvalue weighted by Gasteiger charge is 2.30. The van der Waals surface area contributed by atoms with E-state index in [0.29, 0.717) is 5.75 Å². The maximum absolute atomic E-state index is 12.1. The number of nitrogens with one attached hydrogen (secondary N) is 2. The van der Waals surface area contributed by atoms with Gasteiger partial charge in [0.1, 0.15) is 12.4 Å². The van der Waals surface area contributed by atoms with E-state index in [0.717, 1.165) is 5.56 Å². The molecule has 0 saturated heterocycles. The molecule has 0 unspecified atom stereocenters. The minimum atomic E-state index is -0.563. The normalized spacial score (nSPS) is 16.3. The first-order chi connectivity index (χ1) is 12.9. The maximum Gasteiger partial charge on any atom is 0.338 e. The second kappa shape index (κ2) is 9.61. The fourth-order valence-electron chi connectivity index (χ4n) is 2.58. The molecule has 27 heavy (non-hydrogen) atoms. The molecule has 0 aliphatic carbocycles. The number of aryl methyl sites for hydroxylation is 1. The fraction of sp³-hybridized carbons (Fsp3) is 0.421. The van der Waals surface area contributed by atoms with Crippen molar-refractivity contribution in [3.8, 4) is 5.75 Å². The first-order valence-corrected chi connectivity index (χ1v) is 8.74. The number of esters is 2. The van der Waals surface area contributed by atoms with Crippen molar-refractivity contribution in [2.45, 2.75) is 33.2 Å². The van der Waals surface area contributed by atoms with Crippen molar-refractivity contribution in [1.82, 2.24) is 10.6 Å². The summed E-state index contributed by atoms with van der Waals surface area (Å²) in [6.45, 7) is 5.40. The third kappa shape index (κ3) is 5.73. The number of amides is 2. The van der Waals surface area contributed by atoms with Crippen LogP contribution in [0.3, 0.4) is 0 Å². The van der Waals surface area contributed by atoms with E-state index < -0.39 is 24.0 Å². The van der Waals surface area contributed by atoms with Crippen molar-refractivity contribution < 1.29 is 28.6 Å². The van der Waals surface area contributed by atoms with E-state index in [2.05, 4.69) is 10.6 Å². The van der Waals surface area contributed by atoms with Gasteiger partial charge in [-0.3, -0.25) is 4.79 Å². The van der Waals surface area contributed by atoms with Crippen molar-refractivity contribution in [2.24, 2.45) is 0 Å². The van der Waals surface area contributed by atoms with Crippen molar-refractivity contribution in [3.05, 3.63) is 41.1 Å². The van der Waals surface area contributed by atoms with Gasteiger partial charge in [-0.1, -0.05) is 18.2 Å². The van der Waals surface area contributed by atoms with Gasteiger partial charge >= 0.3 is 18.0 Å². The van der Waals surface area contributed by atoms with Crippen LogP contribution in [0.4, 0.5) is 4.79 Å². The van der Waals surface area contributed by atoms with Crippen LogP contribution >= 0.6 is 0 Å². The highest BCUT2D eigenvalue weighted by atomic mass is 16.5. The van der Waals surface area contributed by atoms with E-state index in [1.54, 1.807) is 13.8 Å². The molecule has 0 saturated carbocycles. The molecule has 1 heterocycles. The van der Waals surface area contributed by atoms with Crippen LogP contribution in [0.2, 0.25) is 0 Å². The molecule has 0 radical (unpaired) electrons. The summed E-state index contributed by atoms with van der Waals surface area (Å²) in [5.41, 5.74) is 1.43. The zero-order valence-corrected chi connectivity index (χ0v) is 15.7. The van der Waals surface area contributed by atoms with Crippen molar-refractivity contribution in [3.63, 3.8) is 0 Å². The molecule has 0 fully saturated rings. The maximum atomic E-state index is 12.1. The molecule has 1 aromatic rings. The third-order valence-electron chi connectivity index (χ3n) is 3.90. The summed E-state index contributed by atoms with van der Waals surface area (Å²) in [6, 6.07) is 6.48. The predicted octanol–water partition coefficient (Wildman–Crippen LogP) is 1.83. The Balaban J connectivity index is 1.91. The summed E-state index contributed by atoms with van der Waals surface area (Å²) in [5.74, 6) is -0.358. The number of para-hydroxylation sites is 1. The Morgan fingerprint density at radius 2 is 1.93 bits per heavy atom. The van der Waals surface area contributed by atoms with E-state index in [4.69, 9.17) is 14.2 Å². The van der Waals surface area contributed by atoms with Gasteiger partial charge in [-0.15, -0.1) is 0 Å². The lowest BCUT2D eigenvalue weighted by molar-refractivity contribution is -0.144. The number of urea groups is 1. The Morgan fingerprint density at radius 1 is 1.19 bits per heavy atom. The van der Waals surface area contributed by atoms with E-state index in [1.165, 1.54) is 0 Å². The van der Waals surface area contributed by atoms with Crippen LogP contribution < -0.4 is 15.4 Å². The Kier molecular flexibility index (Phi) is 7.22. The monoisotopic (exact) mass is 376 g/mol. The molecule has 1 aromatic carbocycles. The topological polar surface area (TPSA) is 103 Å². The molecule has 1 atom stereocenters. The van der Waals surface area contributed by atoms with E-state index in [-0.39, 0.29) is 37.5 Å². The highest BCUT2D eigenvalue weighted by molar-refractivity contribution is 5.94. The Labute approximate surface area is 157 Å². The lowest BCUT2D eigenvalue weighted by Gasteiger charge is -2.26. The van der Waals surface area contributed by atoms with Crippen LogP contribution in [-0.4, -0.2) is 43.8 Å². The standard InChI is InChI=1S/C19H24N2O6/c1-4-25-18(23)17-13(3)20-19(24)21-14(17)11-27-16(22)9-10-26-15-8-6-5-7-12(15)2/h5-8,13H,4,9-11H2,1-3H3,(H2,20,21,24)/t13-/m0/s1. The summed E-state index contributed by atoms with van der Waals surface area (Å²) in [4.78, 5) is 35.7. The lowest BCUT2D eigenvalue weighted by Crippen LogP contribution is -2.50. The minimum absolute atomic E-state index is 0.0398. The van der Waals surface area contributed by atoms with Crippen LogP contribution in [0.1, 0.15) is 25.8 Å². The molecule has 0 bridgehead atoms. The van der Waals surface area contributed by atoms with Gasteiger partial charge in [0, 0.05) is 0 Å². The second-order valence-electron chi connectivity index (χ2n) is 5.96. The number of carbonyl (C=O) groups is 3.